The molecule has 2 heterocycles. The molecule has 1 aliphatic heterocycles. The summed E-state index contributed by atoms with van der Waals surface area (Å²) in [5.41, 5.74) is 3.45. The number of piperidine rings is 1. The van der Waals surface area contributed by atoms with E-state index < -0.39 is 0 Å². The van der Waals surface area contributed by atoms with E-state index in [1.165, 1.54) is 37.2 Å². The van der Waals surface area contributed by atoms with Crippen LogP contribution in [0.4, 0.5) is 0 Å². The fraction of sp³-hybridized carbons (Fsp3) is 0.706. The molecule has 1 aliphatic rings. The van der Waals surface area contributed by atoms with Gasteiger partial charge in [0.2, 0.25) is 0 Å². The molecular weight excluding hydrogens is 260 g/mol. The van der Waals surface area contributed by atoms with Crippen molar-refractivity contribution in [1.29, 1.82) is 5.26 Å². The molecule has 116 valence electrons. The van der Waals surface area contributed by atoms with E-state index in [4.69, 9.17) is 5.26 Å². The molecule has 1 N–H and O–H groups in total. The van der Waals surface area contributed by atoms with Gasteiger partial charge in [0, 0.05) is 44.0 Å². The third-order valence-electron chi connectivity index (χ3n) is 4.78. The van der Waals surface area contributed by atoms with E-state index in [2.05, 4.69) is 44.0 Å². The minimum Gasteiger partial charge on any atom is -0.340 e. The van der Waals surface area contributed by atoms with Gasteiger partial charge in [0.15, 0.2) is 0 Å². The van der Waals surface area contributed by atoms with Crippen LogP contribution in [0.5, 0.6) is 0 Å². The van der Waals surface area contributed by atoms with E-state index in [-0.39, 0.29) is 5.54 Å². The van der Waals surface area contributed by atoms with Crippen molar-refractivity contribution in [1.82, 2.24) is 14.8 Å². The van der Waals surface area contributed by atoms with Crippen molar-refractivity contribution in [3.8, 4) is 6.07 Å². The molecule has 0 amide bonds. The SMILES string of the molecule is Cc1c(CNC2CCN(C(C)(C)C)CC2)cc(C#N)n1C. The van der Waals surface area contributed by atoms with Crippen LogP contribution in [0.1, 0.15) is 50.6 Å². The minimum atomic E-state index is 0.280. The fourth-order valence-electron chi connectivity index (χ4n) is 3.06. The molecule has 0 bridgehead atoms. The third-order valence-corrected chi connectivity index (χ3v) is 4.78. The van der Waals surface area contributed by atoms with Gasteiger partial charge >= 0.3 is 0 Å². The number of rotatable bonds is 3. The Morgan fingerprint density at radius 3 is 2.43 bits per heavy atom. The van der Waals surface area contributed by atoms with Crippen molar-refractivity contribution in [2.45, 2.75) is 58.7 Å². The molecule has 0 atom stereocenters. The summed E-state index contributed by atoms with van der Waals surface area (Å²) in [5.74, 6) is 0. The Balaban J connectivity index is 1.87. The number of hydrogen-bond acceptors (Lipinski definition) is 3. The summed E-state index contributed by atoms with van der Waals surface area (Å²) >= 11 is 0. The van der Waals surface area contributed by atoms with Gasteiger partial charge in [0.05, 0.1) is 0 Å². The van der Waals surface area contributed by atoms with Crippen molar-refractivity contribution >= 4 is 0 Å². The standard InChI is InChI=1S/C17H28N4/c1-13-14(10-16(11-18)20(13)5)12-19-15-6-8-21(9-7-15)17(2,3)4/h10,15,19H,6-9,12H2,1-5H3. The van der Waals surface area contributed by atoms with Crippen molar-refractivity contribution in [3.63, 3.8) is 0 Å². The van der Waals surface area contributed by atoms with Gasteiger partial charge < -0.3 is 9.88 Å². The molecule has 21 heavy (non-hydrogen) atoms. The highest BCUT2D eigenvalue weighted by atomic mass is 15.2. The van der Waals surface area contributed by atoms with Gasteiger partial charge in [-0.1, -0.05) is 0 Å². The van der Waals surface area contributed by atoms with E-state index in [1.54, 1.807) is 0 Å². The van der Waals surface area contributed by atoms with Crippen LogP contribution in [-0.2, 0) is 13.6 Å². The van der Waals surface area contributed by atoms with Crippen LogP contribution in [0.15, 0.2) is 6.07 Å². The van der Waals surface area contributed by atoms with Gasteiger partial charge in [-0.05, 0) is 52.2 Å². The van der Waals surface area contributed by atoms with Crippen LogP contribution in [0.3, 0.4) is 0 Å². The predicted octanol–water partition coefficient (Wildman–Crippen LogP) is 2.56. The normalized spacial score (nSPS) is 17.9. The molecule has 0 aromatic carbocycles. The Morgan fingerprint density at radius 1 is 1.33 bits per heavy atom. The molecule has 0 spiro atoms. The average Bonchev–Trinajstić information content (AvgIpc) is 2.72. The van der Waals surface area contributed by atoms with Crippen molar-refractivity contribution in [3.05, 3.63) is 23.0 Å². The first kappa shape index (κ1) is 16.1. The molecule has 4 heteroatoms. The Hall–Kier alpha value is -1.31. The molecule has 1 fully saturated rings. The van der Waals surface area contributed by atoms with E-state index in [9.17, 15) is 0 Å². The molecule has 0 radical (unpaired) electrons. The van der Waals surface area contributed by atoms with Crippen LogP contribution in [0, 0.1) is 18.3 Å². The number of aromatic nitrogens is 1. The molecular formula is C17H28N4. The van der Waals surface area contributed by atoms with Crippen LogP contribution in [-0.4, -0.2) is 34.1 Å². The highest BCUT2D eigenvalue weighted by Crippen LogP contribution is 2.21. The van der Waals surface area contributed by atoms with E-state index in [0.717, 1.165) is 12.2 Å². The summed E-state index contributed by atoms with van der Waals surface area (Å²) in [6.07, 6.45) is 2.41. The topological polar surface area (TPSA) is 44.0 Å². The zero-order valence-electron chi connectivity index (χ0n) is 14.0. The maximum Gasteiger partial charge on any atom is 0.120 e. The molecule has 4 nitrogen and oxygen atoms in total. The molecule has 0 unspecified atom stereocenters. The first-order valence-corrected chi connectivity index (χ1v) is 7.86. The fourth-order valence-corrected chi connectivity index (χ4v) is 3.06. The van der Waals surface area contributed by atoms with Gasteiger partial charge in [-0.15, -0.1) is 0 Å². The zero-order valence-corrected chi connectivity index (χ0v) is 14.0. The van der Waals surface area contributed by atoms with Crippen LogP contribution in [0.2, 0.25) is 0 Å². The lowest BCUT2D eigenvalue weighted by atomic mass is 9.98. The lowest BCUT2D eigenvalue weighted by Gasteiger charge is -2.41. The molecule has 2 rings (SSSR count). The van der Waals surface area contributed by atoms with Crippen molar-refractivity contribution in [2.24, 2.45) is 7.05 Å². The number of likely N-dealkylation sites (tertiary alicyclic amines) is 1. The number of nitrogens with one attached hydrogen (secondary N) is 1. The van der Waals surface area contributed by atoms with Crippen molar-refractivity contribution in [2.75, 3.05) is 13.1 Å². The van der Waals surface area contributed by atoms with E-state index >= 15 is 0 Å². The second-order valence-corrected chi connectivity index (χ2v) is 7.12. The summed E-state index contributed by atoms with van der Waals surface area (Å²) < 4.78 is 1.97. The summed E-state index contributed by atoms with van der Waals surface area (Å²) in [7, 11) is 1.96. The Kier molecular flexibility index (Phi) is 4.75. The largest absolute Gasteiger partial charge is 0.340 e. The second kappa shape index (κ2) is 6.21. The lowest BCUT2D eigenvalue weighted by Crippen LogP contribution is -2.49. The van der Waals surface area contributed by atoms with Gasteiger partial charge in [0.25, 0.3) is 0 Å². The molecule has 1 aromatic heterocycles. The first-order valence-electron chi connectivity index (χ1n) is 7.86. The number of hydrogen-bond donors (Lipinski definition) is 1. The van der Waals surface area contributed by atoms with Crippen LogP contribution < -0.4 is 5.32 Å². The van der Waals surface area contributed by atoms with Gasteiger partial charge in [0.1, 0.15) is 11.8 Å². The van der Waals surface area contributed by atoms with Gasteiger partial charge in [-0.25, -0.2) is 0 Å². The summed E-state index contributed by atoms with van der Waals surface area (Å²) in [6, 6.07) is 4.84. The zero-order chi connectivity index (χ0) is 15.6. The Labute approximate surface area is 128 Å². The van der Waals surface area contributed by atoms with E-state index in [0.29, 0.717) is 6.04 Å². The second-order valence-electron chi connectivity index (χ2n) is 7.12. The number of nitrogens with zero attached hydrogens (tertiary/aromatic N) is 3. The summed E-state index contributed by atoms with van der Waals surface area (Å²) in [4.78, 5) is 2.56. The highest BCUT2D eigenvalue weighted by molar-refractivity contribution is 5.34. The Bertz CT molecular complexity index is 522. The number of nitriles is 1. The minimum absolute atomic E-state index is 0.280. The molecule has 1 aromatic rings. The van der Waals surface area contributed by atoms with Gasteiger partial charge in [-0.3, -0.25) is 4.90 Å². The van der Waals surface area contributed by atoms with Crippen LogP contribution in [0.25, 0.3) is 0 Å². The maximum absolute atomic E-state index is 9.08. The maximum atomic E-state index is 9.08. The summed E-state index contributed by atoms with van der Waals surface area (Å²) in [6.45, 7) is 12.1. The smallest absolute Gasteiger partial charge is 0.120 e. The summed E-state index contributed by atoms with van der Waals surface area (Å²) in [5, 5.41) is 12.7. The van der Waals surface area contributed by atoms with Crippen LogP contribution >= 0.6 is 0 Å². The quantitative estimate of drug-likeness (QED) is 0.929. The Morgan fingerprint density at radius 2 is 1.95 bits per heavy atom. The van der Waals surface area contributed by atoms with Gasteiger partial charge in [-0.2, -0.15) is 5.26 Å². The molecule has 0 saturated carbocycles. The first-order chi connectivity index (χ1) is 9.82. The monoisotopic (exact) mass is 288 g/mol. The highest BCUT2D eigenvalue weighted by Gasteiger charge is 2.26. The molecule has 1 saturated heterocycles. The third kappa shape index (κ3) is 3.66. The average molecular weight is 288 g/mol. The lowest BCUT2D eigenvalue weighted by molar-refractivity contribution is 0.0960. The predicted molar refractivity (Wildman–Crippen MR) is 86.1 cm³/mol. The molecule has 0 aliphatic carbocycles. The van der Waals surface area contributed by atoms with E-state index in [1.807, 2.05) is 17.7 Å². The van der Waals surface area contributed by atoms with Crippen molar-refractivity contribution < 1.29 is 0 Å².